The highest BCUT2D eigenvalue weighted by Gasteiger charge is 2.19. The van der Waals surface area contributed by atoms with Crippen molar-refractivity contribution in [1.82, 2.24) is 5.32 Å². The molecule has 0 saturated carbocycles. The lowest BCUT2D eigenvalue weighted by Gasteiger charge is -2.27. The molecular formula is C11H25NO. The fourth-order valence-electron chi connectivity index (χ4n) is 1.43. The standard InChI is InChI=1S/C11H25NO/c1-9(2)12-8-10(3)7-11(4,5)13-6/h9-10,12H,7-8H2,1-6H3. The molecule has 0 spiro atoms. The van der Waals surface area contributed by atoms with Crippen molar-refractivity contribution < 1.29 is 4.74 Å². The van der Waals surface area contributed by atoms with Crippen LogP contribution in [0, 0.1) is 5.92 Å². The Labute approximate surface area is 83.1 Å². The van der Waals surface area contributed by atoms with Gasteiger partial charge in [-0.3, -0.25) is 0 Å². The number of methoxy groups -OCH3 is 1. The summed E-state index contributed by atoms with van der Waals surface area (Å²) in [5.74, 6) is 0.664. The Morgan fingerprint density at radius 3 is 2.15 bits per heavy atom. The van der Waals surface area contributed by atoms with E-state index in [0.717, 1.165) is 13.0 Å². The van der Waals surface area contributed by atoms with Crippen LogP contribution in [0.2, 0.25) is 0 Å². The molecule has 0 radical (unpaired) electrons. The summed E-state index contributed by atoms with van der Waals surface area (Å²) >= 11 is 0. The third-order valence-electron chi connectivity index (χ3n) is 2.27. The average Bonchev–Trinajstić information content (AvgIpc) is 2.00. The van der Waals surface area contributed by atoms with E-state index in [2.05, 4.69) is 39.9 Å². The van der Waals surface area contributed by atoms with Crippen molar-refractivity contribution in [3.63, 3.8) is 0 Å². The Bertz CT molecular complexity index is 132. The summed E-state index contributed by atoms with van der Waals surface area (Å²) < 4.78 is 5.39. The van der Waals surface area contributed by atoms with Crippen molar-refractivity contribution in [3.8, 4) is 0 Å². The highest BCUT2D eigenvalue weighted by atomic mass is 16.5. The predicted octanol–water partition coefficient (Wildman–Crippen LogP) is 2.44. The summed E-state index contributed by atoms with van der Waals surface area (Å²) in [6.45, 7) is 12.0. The van der Waals surface area contributed by atoms with Gasteiger partial charge in [-0.25, -0.2) is 0 Å². The molecule has 0 aliphatic heterocycles. The average molecular weight is 187 g/mol. The van der Waals surface area contributed by atoms with Crippen molar-refractivity contribution >= 4 is 0 Å². The van der Waals surface area contributed by atoms with Crippen molar-refractivity contribution in [2.24, 2.45) is 5.92 Å². The minimum Gasteiger partial charge on any atom is -0.379 e. The SMILES string of the molecule is COC(C)(C)CC(C)CNC(C)C. The Morgan fingerprint density at radius 1 is 1.23 bits per heavy atom. The molecule has 0 aromatic rings. The molecule has 13 heavy (non-hydrogen) atoms. The van der Waals surface area contributed by atoms with E-state index in [1.54, 1.807) is 7.11 Å². The third-order valence-corrected chi connectivity index (χ3v) is 2.27. The molecule has 1 atom stereocenters. The van der Waals surface area contributed by atoms with E-state index in [1.807, 2.05) is 0 Å². The largest absolute Gasteiger partial charge is 0.379 e. The fourth-order valence-corrected chi connectivity index (χ4v) is 1.43. The van der Waals surface area contributed by atoms with Gasteiger partial charge in [0.1, 0.15) is 0 Å². The van der Waals surface area contributed by atoms with Gasteiger partial charge in [0.05, 0.1) is 5.60 Å². The topological polar surface area (TPSA) is 21.3 Å². The van der Waals surface area contributed by atoms with Crippen LogP contribution in [0.5, 0.6) is 0 Å². The molecule has 0 bridgehead atoms. The lowest BCUT2D eigenvalue weighted by atomic mass is 9.94. The minimum absolute atomic E-state index is 0.0120. The van der Waals surface area contributed by atoms with E-state index in [9.17, 15) is 0 Å². The quantitative estimate of drug-likeness (QED) is 0.689. The molecule has 0 saturated heterocycles. The van der Waals surface area contributed by atoms with Gasteiger partial charge in [0.15, 0.2) is 0 Å². The summed E-state index contributed by atoms with van der Waals surface area (Å²) in [6, 6.07) is 0.577. The van der Waals surface area contributed by atoms with Crippen molar-refractivity contribution in [1.29, 1.82) is 0 Å². The summed E-state index contributed by atoms with van der Waals surface area (Å²) in [5.41, 5.74) is 0.0120. The second kappa shape index (κ2) is 5.61. The van der Waals surface area contributed by atoms with E-state index in [4.69, 9.17) is 4.74 Å². The van der Waals surface area contributed by atoms with Crippen molar-refractivity contribution in [3.05, 3.63) is 0 Å². The van der Waals surface area contributed by atoms with Crippen LogP contribution in [0.1, 0.15) is 41.0 Å². The molecule has 0 amide bonds. The number of ether oxygens (including phenoxy) is 1. The molecule has 0 aliphatic rings. The first kappa shape index (κ1) is 12.9. The van der Waals surface area contributed by atoms with E-state index in [1.165, 1.54) is 0 Å². The summed E-state index contributed by atoms with van der Waals surface area (Å²) in [4.78, 5) is 0. The normalized spacial score (nSPS) is 15.0. The number of hydrogen-bond donors (Lipinski definition) is 1. The molecule has 0 aromatic carbocycles. The molecule has 0 aliphatic carbocycles. The van der Waals surface area contributed by atoms with Gasteiger partial charge in [-0.15, -0.1) is 0 Å². The fraction of sp³-hybridized carbons (Fsp3) is 1.00. The van der Waals surface area contributed by atoms with E-state index in [0.29, 0.717) is 12.0 Å². The lowest BCUT2D eigenvalue weighted by Crippen LogP contribution is -2.33. The molecule has 80 valence electrons. The van der Waals surface area contributed by atoms with Gasteiger partial charge in [-0.2, -0.15) is 0 Å². The molecule has 0 fully saturated rings. The minimum atomic E-state index is 0.0120. The zero-order chi connectivity index (χ0) is 10.5. The van der Waals surface area contributed by atoms with Crippen LogP contribution < -0.4 is 5.32 Å². The maximum atomic E-state index is 5.39. The van der Waals surface area contributed by atoms with Crippen LogP contribution in [0.25, 0.3) is 0 Å². The van der Waals surface area contributed by atoms with Gasteiger partial charge < -0.3 is 10.1 Å². The van der Waals surface area contributed by atoms with Crippen LogP contribution in [0.3, 0.4) is 0 Å². The summed E-state index contributed by atoms with van der Waals surface area (Å²) in [5, 5.41) is 3.44. The van der Waals surface area contributed by atoms with Crippen molar-refractivity contribution in [2.75, 3.05) is 13.7 Å². The molecular weight excluding hydrogens is 162 g/mol. The smallest absolute Gasteiger partial charge is 0.0625 e. The number of rotatable bonds is 6. The second-order valence-corrected chi connectivity index (χ2v) is 4.84. The predicted molar refractivity (Wildman–Crippen MR) is 58.0 cm³/mol. The Balaban J connectivity index is 3.67. The first-order valence-corrected chi connectivity index (χ1v) is 5.16. The Morgan fingerprint density at radius 2 is 1.77 bits per heavy atom. The zero-order valence-electron chi connectivity index (χ0n) is 9.98. The summed E-state index contributed by atoms with van der Waals surface area (Å²) in [6.07, 6.45) is 1.10. The third kappa shape index (κ3) is 7.03. The zero-order valence-corrected chi connectivity index (χ0v) is 9.98. The molecule has 1 unspecified atom stereocenters. The van der Waals surface area contributed by atoms with Gasteiger partial charge in [0.25, 0.3) is 0 Å². The molecule has 0 aromatic heterocycles. The van der Waals surface area contributed by atoms with Gasteiger partial charge in [-0.1, -0.05) is 20.8 Å². The Kier molecular flexibility index (Phi) is 5.57. The van der Waals surface area contributed by atoms with Crippen LogP contribution in [-0.2, 0) is 4.74 Å². The maximum Gasteiger partial charge on any atom is 0.0625 e. The Hall–Kier alpha value is -0.0800. The lowest BCUT2D eigenvalue weighted by molar-refractivity contribution is 0.00379. The van der Waals surface area contributed by atoms with E-state index < -0.39 is 0 Å². The van der Waals surface area contributed by atoms with Gasteiger partial charge >= 0.3 is 0 Å². The van der Waals surface area contributed by atoms with Crippen LogP contribution >= 0.6 is 0 Å². The molecule has 0 rings (SSSR count). The van der Waals surface area contributed by atoms with Crippen LogP contribution in [0.15, 0.2) is 0 Å². The van der Waals surface area contributed by atoms with Crippen LogP contribution in [0.4, 0.5) is 0 Å². The first-order chi connectivity index (χ1) is 5.87. The highest BCUT2D eigenvalue weighted by Crippen LogP contribution is 2.18. The molecule has 2 nitrogen and oxygen atoms in total. The highest BCUT2D eigenvalue weighted by molar-refractivity contribution is 4.73. The molecule has 0 heterocycles. The molecule has 1 N–H and O–H groups in total. The molecule has 2 heteroatoms. The van der Waals surface area contributed by atoms with E-state index >= 15 is 0 Å². The van der Waals surface area contributed by atoms with Gasteiger partial charge in [0.2, 0.25) is 0 Å². The van der Waals surface area contributed by atoms with Crippen molar-refractivity contribution in [2.45, 2.75) is 52.7 Å². The second-order valence-electron chi connectivity index (χ2n) is 4.84. The van der Waals surface area contributed by atoms with Gasteiger partial charge in [-0.05, 0) is 32.7 Å². The number of hydrogen-bond acceptors (Lipinski definition) is 2. The number of nitrogens with one attached hydrogen (secondary N) is 1. The van der Waals surface area contributed by atoms with Crippen LogP contribution in [-0.4, -0.2) is 25.3 Å². The maximum absolute atomic E-state index is 5.39. The summed E-state index contributed by atoms with van der Waals surface area (Å²) in [7, 11) is 1.78. The van der Waals surface area contributed by atoms with Gasteiger partial charge in [0, 0.05) is 13.2 Å². The first-order valence-electron chi connectivity index (χ1n) is 5.16. The monoisotopic (exact) mass is 187 g/mol. The van der Waals surface area contributed by atoms with E-state index in [-0.39, 0.29) is 5.60 Å².